The van der Waals surface area contributed by atoms with Gasteiger partial charge in [-0.15, -0.1) is 0 Å². The largest absolute Gasteiger partial charge is 0.490 e. The number of carboxylic acid groups (broad SMARTS) is 1. The van der Waals surface area contributed by atoms with Gasteiger partial charge in [0.05, 0.1) is 22.4 Å². The number of aliphatic carboxylic acids is 1. The van der Waals surface area contributed by atoms with Crippen molar-refractivity contribution in [2.45, 2.75) is 32.5 Å². The lowest BCUT2D eigenvalue weighted by molar-refractivity contribution is -0.384. The molecule has 2 aromatic heterocycles. The number of rotatable bonds is 8. The van der Waals surface area contributed by atoms with Crippen molar-refractivity contribution in [1.29, 1.82) is 0 Å². The molecule has 0 radical (unpaired) electrons. The molecule has 0 unspecified atom stereocenters. The van der Waals surface area contributed by atoms with E-state index in [0.717, 1.165) is 17.2 Å². The number of aromatic amines is 1. The van der Waals surface area contributed by atoms with E-state index >= 15 is 0 Å². The maximum absolute atomic E-state index is 13.0. The van der Waals surface area contributed by atoms with E-state index in [-0.39, 0.29) is 28.6 Å². The maximum Gasteiger partial charge on any atom is 0.490 e. The fourth-order valence-corrected chi connectivity index (χ4v) is 4.61. The van der Waals surface area contributed by atoms with Crippen molar-refractivity contribution in [3.05, 3.63) is 116 Å². The lowest BCUT2D eigenvalue weighted by Gasteiger charge is -2.16. The Balaban J connectivity index is 0.000000671. The van der Waals surface area contributed by atoms with Gasteiger partial charge >= 0.3 is 18.1 Å². The van der Waals surface area contributed by atoms with Crippen LogP contribution in [-0.4, -0.2) is 48.8 Å². The number of H-pyrrole nitrogens is 1. The van der Waals surface area contributed by atoms with Crippen LogP contribution in [0.5, 0.6) is 5.75 Å². The first-order chi connectivity index (χ1) is 22.6. The summed E-state index contributed by atoms with van der Waals surface area (Å²) in [6, 6.07) is 21.1. The number of halogens is 4. The number of fused-ring (bicyclic) bond motifs is 1. The Labute approximate surface area is 274 Å². The van der Waals surface area contributed by atoms with Crippen molar-refractivity contribution in [1.82, 2.24) is 14.6 Å². The number of aromatic nitrogens is 3. The Hall–Kier alpha value is -5.54. The fourth-order valence-electron chi connectivity index (χ4n) is 4.49. The summed E-state index contributed by atoms with van der Waals surface area (Å²) in [6.45, 7) is 3.52. The second-order valence-electron chi connectivity index (χ2n) is 10.7. The SMILES string of the molecule is CC(C)[C@H](N)C(=O)Oc1cc([N+](=O)[O-])ccc1-c1cc(=O)[nH]c2c(-c3ccc(Cl)cc3)c(Cc3ccccc3)nn12.O=C(O)C(F)(F)F. The topological polar surface area (TPSA) is 183 Å². The lowest BCUT2D eigenvalue weighted by Crippen LogP contribution is -2.38. The van der Waals surface area contributed by atoms with E-state index in [9.17, 15) is 32.9 Å². The Morgan fingerprint density at radius 1 is 1.08 bits per heavy atom. The zero-order chi connectivity index (χ0) is 35.3. The summed E-state index contributed by atoms with van der Waals surface area (Å²) in [7, 11) is 0. The second-order valence-corrected chi connectivity index (χ2v) is 11.1. The van der Waals surface area contributed by atoms with Crippen LogP contribution in [0.15, 0.2) is 83.7 Å². The molecule has 0 aliphatic heterocycles. The standard InChI is InChI=1S/C30H26ClN5O5.C2HF3O2/c1-17(2)28(32)30(38)41-25-15-21(36(39)40)12-13-22(25)24-16-26(37)33-29-27(19-8-10-20(31)11-9-19)23(34-35(24)29)14-18-6-4-3-5-7-18;3-2(4,5)1(6)7/h3-13,15-17,28H,14,32H2,1-2H3,(H,33,37);(H,6,7)/t28-;/m0./s1. The highest BCUT2D eigenvalue weighted by molar-refractivity contribution is 6.30. The zero-order valence-electron chi connectivity index (χ0n) is 25.2. The van der Waals surface area contributed by atoms with Crippen LogP contribution in [0.4, 0.5) is 18.9 Å². The Morgan fingerprint density at radius 3 is 2.27 bits per heavy atom. The lowest BCUT2D eigenvalue weighted by atomic mass is 10.0. The summed E-state index contributed by atoms with van der Waals surface area (Å²) in [5.74, 6) is -3.85. The highest BCUT2D eigenvalue weighted by Gasteiger charge is 2.38. The average molecular weight is 686 g/mol. The first kappa shape index (κ1) is 35.3. The number of carboxylic acids is 1. The molecule has 48 heavy (non-hydrogen) atoms. The summed E-state index contributed by atoms with van der Waals surface area (Å²) >= 11 is 6.15. The summed E-state index contributed by atoms with van der Waals surface area (Å²) in [4.78, 5) is 48.6. The Morgan fingerprint density at radius 2 is 1.71 bits per heavy atom. The van der Waals surface area contributed by atoms with Crippen LogP contribution in [0.25, 0.3) is 28.0 Å². The van der Waals surface area contributed by atoms with Gasteiger partial charge in [-0.05, 0) is 35.2 Å². The predicted molar refractivity (Wildman–Crippen MR) is 170 cm³/mol. The average Bonchev–Trinajstić information content (AvgIpc) is 3.38. The summed E-state index contributed by atoms with van der Waals surface area (Å²) < 4.78 is 38.9. The molecule has 0 saturated carbocycles. The molecule has 16 heteroatoms. The number of benzene rings is 3. The van der Waals surface area contributed by atoms with Gasteiger partial charge in [0.25, 0.3) is 11.2 Å². The van der Waals surface area contributed by atoms with Crippen LogP contribution < -0.4 is 16.0 Å². The number of nitro groups is 1. The van der Waals surface area contributed by atoms with Crippen LogP contribution in [0.2, 0.25) is 5.02 Å². The number of nitrogens with one attached hydrogen (secondary N) is 1. The van der Waals surface area contributed by atoms with Crippen molar-refractivity contribution in [3.8, 4) is 28.1 Å². The van der Waals surface area contributed by atoms with Crippen molar-refractivity contribution >= 4 is 34.9 Å². The molecule has 3 aromatic carbocycles. The molecule has 0 aliphatic carbocycles. The van der Waals surface area contributed by atoms with Gasteiger partial charge < -0.3 is 20.6 Å². The van der Waals surface area contributed by atoms with Crippen molar-refractivity contribution in [2.75, 3.05) is 0 Å². The number of nitro benzene ring substituents is 1. The molecule has 0 fully saturated rings. The van der Waals surface area contributed by atoms with Crippen LogP contribution in [0, 0.1) is 16.0 Å². The van der Waals surface area contributed by atoms with Crippen molar-refractivity contribution in [2.24, 2.45) is 11.7 Å². The van der Waals surface area contributed by atoms with Gasteiger partial charge in [-0.3, -0.25) is 14.9 Å². The molecule has 0 saturated heterocycles. The van der Waals surface area contributed by atoms with Gasteiger partial charge in [0.1, 0.15) is 17.4 Å². The molecule has 250 valence electrons. The zero-order valence-corrected chi connectivity index (χ0v) is 26.0. The summed E-state index contributed by atoms with van der Waals surface area (Å²) in [5, 5.41) is 24.1. The number of ether oxygens (including phenoxy) is 1. The molecule has 5 aromatic rings. The molecule has 2 heterocycles. The minimum absolute atomic E-state index is 0.111. The first-order valence-corrected chi connectivity index (χ1v) is 14.5. The predicted octanol–water partition coefficient (Wildman–Crippen LogP) is 6.03. The van der Waals surface area contributed by atoms with E-state index in [4.69, 9.17) is 37.1 Å². The number of nitrogens with zero attached hydrogens (tertiary/aromatic N) is 3. The molecular formula is C32H27ClF3N5O7. The monoisotopic (exact) mass is 685 g/mol. The minimum Gasteiger partial charge on any atom is -0.475 e. The number of esters is 1. The number of alkyl halides is 3. The number of hydrogen-bond donors (Lipinski definition) is 3. The second kappa shape index (κ2) is 14.5. The van der Waals surface area contributed by atoms with Gasteiger partial charge in [0.15, 0.2) is 0 Å². The molecule has 4 N–H and O–H groups in total. The van der Waals surface area contributed by atoms with E-state index in [1.54, 1.807) is 30.5 Å². The number of non-ortho nitro benzene ring substituents is 1. The van der Waals surface area contributed by atoms with Crippen molar-refractivity contribution in [3.63, 3.8) is 0 Å². The quantitative estimate of drug-likeness (QED) is 0.0760. The first-order valence-electron chi connectivity index (χ1n) is 14.1. The van der Waals surface area contributed by atoms with Gasteiger partial charge in [-0.1, -0.05) is 67.9 Å². The van der Waals surface area contributed by atoms with E-state index < -0.39 is 34.6 Å². The fraction of sp³-hybridized carbons (Fsp3) is 0.188. The third kappa shape index (κ3) is 8.24. The smallest absolute Gasteiger partial charge is 0.475 e. The Kier molecular flexibility index (Phi) is 10.7. The number of nitrogens with two attached hydrogens (primary N) is 1. The molecular weight excluding hydrogens is 659 g/mol. The number of hydrogen-bond acceptors (Lipinski definition) is 8. The van der Waals surface area contributed by atoms with Crippen LogP contribution in [-0.2, 0) is 16.0 Å². The van der Waals surface area contributed by atoms with E-state index in [0.29, 0.717) is 28.3 Å². The van der Waals surface area contributed by atoms with Crippen LogP contribution >= 0.6 is 11.6 Å². The molecule has 0 spiro atoms. The highest BCUT2D eigenvalue weighted by atomic mass is 35.5. The summed E-state index contributed by atoms with van der Waals surface area (Å²) in [6.07, 6.45) is -4.63. The maximum atomic E-state index is 13.0. The van der Waals surface area contributed by atoms with Crippen LogP contribution in [0.3, 0.4) is 0 Å². The van der Waals surface area contributed by atoms with Gasteiger partial charge in [0.2, 0.25) is 0 Å². The molecule has 0 aliphatic rings. The molecule has 12 nitrogen and oxygen atoms in total. The van der Waals surface area contributed by atoms with Gasteiger partial charge in [0, 0.05) is 34.7 Å². The Bertz CT molecular complexity index is 2030. The van der Waals surface area contributed by atoms with E-state index in [1.807, 2.05) is 42.5 Å². The van der Waals surface area contributed by atoms with E-state index in [2.05, 4.69) is 4.98 Å². The third-order valence-corrected chi connectivity index (χ3v) is 7.19. The van der Waals surface area contributed by atoms with Gasteiger partial charge in [-0.2, -0.15) is 18.3 Å². The third-order valence-electron chi connectivity index (χ3n) is 6.94. The molecule has 0 amide bonds. The minimum atomic E-state index is -5.08. The highest BCUT2D eigenvalue weighted by Crippen LogP contribution is 2.36. The molecule has 5 rings (SSSR count). The summed E-state index contributed by atoms with van der Waals surface area (Å²) in [5.41, 5.74) is 9.33. The van der Waals surface area contributed by atoms with Crippen molar-refractivity contribution < 1.29 is 37.5 Å². The van der Waals surface area contributed by atoms with Gasteiger partial charge in [-0.25, -0.2) is 14.1 Å². The van der Waals surface area contributed by atoms with E-state index in [1.165, 1.54) is 18.2 Å². The van der Waals surface area contributed by atoms with Crippen LogP contribution in [0.1, 0.15) is 25.1 Å². The molecule has 0 bridgehead atoms. The normalized spacial score (nSPS) is 11.9. The number of carbonyl (C=O) groups excluding carboxylic acids is 1. The number of carbonyl (C=O) groups is 2. The molecule has 1 atom stereocenters.